The number of benzene rings is 2. The van der Waals surface area contributed by atoms with E-state index in [1.165, 1.54) is 17.7 Å². The average Bonchev–Trinajstić information content (AvgIpc) is 2.84. The third kappa shape index (κ3) is 10.0. The van der Waals surface area contributed by atoms with Gasteiger partial charge in [-0.05, 0) is 76.1 Å². The van der Waals surface area contributed by atoms with Gasteiger partial charge in [-0.3, -0.25) is 10.0 Å². The highest BCUT2D eigenvalue weighted by molar-refractivity contribution is 5.77. The number of carbonyl (C=O) groups excluding carboxylic acids is 1. The third-order valence-electron chi connectivity index (χ3n) is 6.08. The summed E-state index contributed by atoms with van der Waals surface area (Å²) in [5.74, 6) is -1.16. The van der Waals surface area contributed by atoms with E-state index < -0.39 is 11.8 Å². The van der Waals surface area contributed by atoms with Gasteiger partial charge in [0.25, 0.3) is 0 Å². The molecule has 0 aliphatic rings. The molecule has 0 aromatic heterocycles. The lowest BCUT2D eigenvalue weighted by Crippen LogP contribution is -2.35. The molecule has 0 spiro atoms. The van der Waals surface area contributed by atoms with Crippen molar-refractivity contribution in [2.45, 2.75) is 31.8 Å². The van der Waals surface area contributed by atoms with Crippen LogP contribution in [0.5, 0.6) is 0 Å². The number of halogens is 1. The van der Waals surface area contributed by atoms with Crippen LogP contribution in [0.4, 0.5) is 4.39 Å². The lowest BCUT2D eigenvalue weighted by Gasteiger charge is -2.25. The number of likely N-dealkylation sites (N-methyl/N-ethyl adjacent to an activating group) is 2. The fourth-order valence-corrected chi connectivity index (χ4v) is 3.89. The summed E-state index contributed by atoms with van der Waals surface area (Å²) >= 11 is 0. The molecule has 0 saturated carbocycles. The largest absolute Gasteiger partial charge is 0.377 e. The van der Waals surface area contributed by atoms with Gasteiger partial charge < -0.3 is 14.5 Å². The number of hydroxylamine groups is 1. The zero-order chi connectivity index (χ0) is 24.1. The zero-order valence-corrected chi connectivity index (χ0v) is 20.0. The van der Waals surface area contributed by atoms with E-state index in [-0.39, 0.29) is 11.9 Å². The molecule has 2 rings (SSSR count). The third-order valence-corrected chi connectivity index (χ3v) is 6.08. The Morgan fingerprint density at radius 1 is 1.00 bits per heavy atom. The number of methoxy groups -OCH3 is 1. The average molecular weight is 460 g/mol. The first-order valence-corrected chi connectivity index (χ1v) is 11.6. The summed E-state index contributed by atoms with van der Waals surface area (Å²) in [6.07, 6.45) is 2.83. The molecule has 6 nitrogen and oxygen atoms in total. The highest BCUT2D eigenvalue weighted by Gasteiger charge is 2.24. The predicted octanol–water partition coefficient (Wildman–Crippen LogP) is 3.91. The fraction of sp³-hybridized carbons (Fsp3) is 0.500. The zero-order valence-electron chi connectivity index (χ0n) is 20.0. The molecule has 0 saturated heterocycles. The van der Waals surface area contributed by atoms with E-state index in [0.717, 1.165) is 44.6 Å². The van der Waals surface area contributed by atoms with Gasteiger partial charge in [0.15, 0.2) is 0 Å². The van der Waals surface area contributed by atoms with Crippen molar-refractivity contribution in [2.75, 3.05) is 47.4 Å². The molecule has 0 radical (unpaired) electrons. The number of nitrogens with one attached hydrogen (secondary N) is 1. The van der Waals surface area contributed by atoms with Crippen molar-refractivity contribution in [1.82, 2.24) is 15.3 Å². The number of rotatable bonds is 15. The molecular formula is C26H38FN3O3. The van der Waals surface area contributed by atoms with Crippen LogP contribution in [0.3, 0.4) is 0 Å². The van der Waals surface area contributed by atoms with Crippen LogP contribution in [0.25, 0.3) is 0 Å². The molecule has 2 N–H and O–H groups in total. The summed E-state index contributed by atoms with van der Waals surface area (Å²) < 4.78 is 18.8. The second-order valence-electron chi connectivity index (χ2n) is 8.67. The summed E-state index contributed by atoms with van der Waals surface area (Å²) in [4.78, 5) is 16.8. The molecule has 1 amide bonds. The number of ether oxygens (including phenoxy) is 1. The smallest absolute Gasteiger partial charge is 0.246 e. The van der Waals surface area contributed by atoms with Crippen LogP contribution >= 0.6 is 0 Å². The van der Waals surface area contributed by atoms with E-state index in [0.29, 0.717) is 12.8 Å². The molecule has 7 heteroatoms. The highest BCUT2D eigenvalue weighted by Crippen LogP contribution is 2.27. The first-order valence-electron chi connectivity index (χ1n) is 11.6. The number of hydrogen-bond acceptors (Lipinski definition) is 5. The van der Waals surface area contributed by atoms with Crippen LogP contribution in [0.1, 0.15) is 36.5 Å². The quantitative estimate of drug-likeness (QED) is 0.312. The van der Waals surface area contributed by atoms with Crippen molar-refractivity contribution in [3.05, 3.63) is 71.5 Å². The van der Waals surface area contributed by atoms with Crippen LogP contribution in [-0.2, 0) is 16.0 Å². The Kier molecular flexibility index (Phi) is 12.0. The Labute approximate surface area is 197 Å². The molecule has 0 heterocycles. The minimum absolute atomic E-state index is 0.315. The van der Waals surface area contributed by atoms with Gasteiger partial charge in [0.1, 0.15) is 5.82 Å². The van der Waals surface area contributed by atoms with Gasteiger partial charge in [-0.25, -0.2) is 9.87 Å². The van der Waals surface area contributed by atoms with Crippen LogP contribution in [0.15, 0.2) is 54.6 Å². The van der Waals surface area contributed by atoms with Gasteiger partial charge >= 0.3 is 0 Å². The minimum Gasteiger partial charge on any atom is -0.377 e. The molecule has 2 atom stereocenters. The maximum absolute atomic E-state index is 13.2. The van der Waals surface area contributed by atoms with Crippen molar-refractivity contribution in [2.24, 2.45) is 5.92 Å². The van der Waals surface area contributed by atoms with Crippen LogP contribution in [-0.4, -0.2) is 68.3 Å². The highest BCUT2D eigenvalue weighted by atomic mass is 19.1. The van der Waals surface area contributed by atoms with Crippen molar-refractivity contribution in [3.8, 4) is 0 Å². The number of nitrogens with zero attached hydrogens (tertiary/aromatic N) is 2. The van der Waals surface area contributed by atoms with Crippen molar-refractivity contribution >= 4 is 5.91 Å². The molecule has 0 aliphatic carbocycles. The predicted molar refractivity (Wildman–Crippen MR) is 129 cm³/mol. The van der Waals surface area contributed by atoms with Gasteiger partial charge in [0.05, 0.1) is 6.10 Å². The summed E-state index contributed by atoms with van der Waals surface area (Å²) in [6, 6.07) is 16.6. The molecule has 0 fully saturated rings. The maximum atomic E-state index is 13.2. The lowest BCUT2D eigenvalue weighted by atomic mass is 9.93. The normalized spacial score (nSPS) is 13.3. The van der Waals surface area contributed by atoms with Crippen molar-refractivity contribution < 1.29 is 19.1 Å². The van der Waals surface area contributed by atoms with Gasteiger partial charge in [0, 0.05) is 26.1 Å². The van der Waals surface area contributed by atoms with Gasteiger partial charge in [-0.1, -0.05) is 42.5 Å². The summed E-state index contributed by atoms with van der Waals surface area (Å²) in [5.41, 5.74) is 3.96. The monoisotopic (exact) mass is 459 g/mol. The summed E-state index contributed by atoms with van der Waals surface area (Å²) in [5, 5.41) is 9.19. The van der Waals surface area contributed by atoms with Gasteiger partial charge in [-0.15, -0.1) is 0 Å². The number of amides is 1. The second kappa shape index (κ2) is 14.8. The van der Waals surface area contributed by atoms with E-state index in [9.17, 15) is 14.4 Å². The molecule has 2 aromatic carbocycles. The molecular weight excluding hydrogens is 421 g/mol. The Morgan fingerprint density at radius 2 is 1.64 bits per heavy atom. The number of aryl methyl sites for hydroxylation is 1. The topological polar surface area (TPSA) is 65.0 Å². The lowest BCUT2D eigenvalue weighted by molar-refractivity contribution is -0.135. The number of carbonyl (C=O) groups is 1. The molecule has 2 aromatic rings. The molecule has 182 valence electrons. The van der Waals surface area contributed by atoms with E-state index >= 15 is 0 Å². The molecule has 33 heavy (non-hydrogen) atoms. The first kappa shape index (κ1) is 26.9. The summed E-state index contributed by atoms with van der Waals surface area (Å²) in [7, 11) is 5.74. The molecule has 0 unspecified atom stereocenters. The van der Waals surface area contributed by atoms with Crippen LogP contribution < -0.4 is 5.48 Å². The van der Waals surface area contributed by atoms with Gasteiger partial charge in [-0.2, -0.15) is 0 Å². The SMILES string of the molecule is CO[C@H](C[C@H](CCN(C)CCN(C)CCCc1ccccc1)C(=O)NO)c1ccc(F)cc1. The van der Waals surface area contributed by atoms with Crippen LogP contribution in [0.2, 0.25) is 0 Å². The minimum atomic E-state index is -0.425. The Bertz CT molecular complexity index is 804. The van der Waals surface area contributed by atoms with E-state index in [1.54, 1.807) is 24.7 Å². The fourth-order valence-electron chi connectivity index (χ4n) is 3.89. The number of hydrogen-bond donors (Lipinski definition) is 2. The van der Waals surface area contributed by atoms with E-state index in [1.807, 2.05) is 13.1 Å². The van der Waals surface area contributed by atoms with E-state index in [4.69, 9.17) is 4.74 Å². The Hall–Kier alpha value is -2.32. The maximum Gasteiger partial charge on any atom is 0.246 e. The Balaban J connectivity index is 1.76. The van der Waals surface area contributed by atoms with E-state index in [2.05, 4.69) is 41.1 Å². The molecule has 0 aliphatic heterocycles. The Morgan fingerprint density at radius 3 is 2.24 bits per heavy atom. The second-order valence-corrected chi connectivity index (χ2v) is 8.67. The molecule has 0 bridgehead atoms. The van der Waals surface area contributed by atoms with Crippen molar-refractivity contribution in [3.63, 3.8) is 0 Å². The first-order chi connectivity index (χ1) is 15.9. The van der Waals surface area contributed by atoms with Crippen molar-refractivity contribution in [1.29, 1.82) is 0 Å². The van der Waals surface area contributed by atoms with Gasteiger partial charge in [0.2, 0.25) is 5.91 Å². The summed E-state index contributed by atoms with van der Waals surface area (Å²) in [6.45, 7) is 3.58. The standard InChI is InChI=1S/C26H38FN3O3/c1-29(16-7-10-21-8-5-4-6-9-21)18-19-30(2)17-15-23(26(31)28-32)20-25(33-3)22-11-13-24(27)14-12-22/h4-6,8-9,11-14,23,25,32H,7,10,15-20H2,1-3H3,(H,28,31)/t23-,25+/m0/s1. The van der Waals surface area contributed by atoms with Crippen LogP contribution in [0, 0.1) is 11.7 Å².